The Hall–Kier alpha value is -1.39. The molecular weight excluding hydrogens is 256 g/mol. The Kier molecular flexibility index (Phi) is 5.56. The zero-order valence-electron chi connectivity index (χ0n) is 12.1. The van der Waals surface area contributed by atoms with Crippen molar-refractivity contribution in [2.75, 3.05) is 13.2 Å². The number of carbonyl (C=O) groups is 1. The van der Waals surface area contributed by atoms with Gasteiger partial charge in [-0.1, -0.05) is 0 Å². The van der Waals surface area contributed by atoms with Gasteiger partial charge in [0.05, 0.1) is 19.3 Å². The van der Waals surface area contributed by atoms with E-state index in [1.54, 1.807) is 0 Å². The van der Waals surface area contributed by atoms with Gasteiger partial charge in [0.1, 0.15) is 5.75 Å². The van der Waals surface area contributed by atoms with Crippen LogP contribution in [0.15, 0.2) is 24.3 Å². The summed E-state index contributed by atoms with van der Waals surface area (Å²) >= 11 is 0. The Balaban J connectivity index is 1.82. The number of hydrogen-bond donors (Lipinski definition) is 0. The molecule has 0 saturated carbocycles. The standard InChI is InChI=1S/C16H22O4/c1-12(2)20-14-6-4-13(5-7-14)15(17)8-9-16-18-10-3-11-19-16/h4-7,12,16H,3,8-11H2,1-2H3. The van der Waals surface area contributed by atoms with E-state index in [4.69, 9.17) is 14.2 Å². The van der Waals surface area contributed by atoms with Crippen molar-refractivity contribution < 1.29 is 19.0 Å². The van der Waals surface area contributed by atoms with E-state index in [9.17, 15) is 4.79 Å². The smallest absolute Gasteiger partial charge is 0.163 e. The zero-order valence-corrected chi connectivity index (χ0v) is 12.1. The third-order valence-electron chi connectivity index (χ3n) is 3.05. The Labute approximate surface area is 120 Å². The number of hydrogen-bond acceptors (Lipinski definition) is 4. The van der Waals surface area contributed by atoms with E-state index in [-0.39, 0.29) is 18.2 Å². The maximum Gasteiger partial charge on any atom is 0.163 e. The van der Waals surface area contributed by atoms with Crippen LogP contribution in [0.4, 0.5) is 0 Å². The number of carbonyl (C=O) groups excluding carboxylic acids is 1. The van der Waals surface area contributed by atoms with Crippen molar-refractivity contribution in [3.63, 3.8) is 0 Å². The molecule has 0 unspecified atom stereocenters. The molecule has 2 rings (SSSR count). The molecule has 110 valence electrons. The van der Waals surface area contributed by atoms with E-state index < -0.39 is 0 Å². The highest BCUT2D eigenvalue weighted by molar-refractivity contribution is 5.96. The van der Waals surface area contributed by atoms with Crippen LogP contribution in [0.25, 0.3) is 0 Å². The molecule has 0 N–H and O–H groups in total. The first-order valence-corrected chi connectivity index (χ1v) is 7.18. The van der Waals surface area contributed by atoms with Crippen molar-refractivity contribution in [1.29, 1.82) is 0 Å². The van der Waals surface area contributed by atoms with Gasteiger partial charge in [0.15, 0.2) is 12.1 Å². The van der Waals surface area contributed by atoms with Crippen molar-refractivity contribution in [2.45, 2.75) is 45.5 Å². The number of ketones is 1. The summed E-state index contributed by atoms with van der Waals surface area (Å²) in [5.74, 6) is 0.898. The molecule has 1 heterocycles. The largest absolute Gasteiger partial charge is 0.491 e. The molecule has 1 aliphatic rings. The first kappa shape index (κ1) is 15.0. The fourth-order valence-electron chi connectivity index (χ4n) is 2.09. The molecular formula is C16H22O4. The molecule has 0 aromatic heterocycles. The second-order valence-electron chi connectivity index (χ2n) is 5.18. The number of ether oxygens (including phenoxy) is 3. The molecule has 1 fully saturated rings. The molecule has 0 amide bonds. The van der Waals surface area contributed by atoms with Gasteiger partial charge in [-0.15, -0.1) is 0 Å². The average Bonchev–Trinajstić information content (AvgIpc) is 2.46. The van der Waals surface area contributed by atoms with Gasteiger partial charge in [-0.25, -0.2) is 0 Å². The van der Waals surface area contributed by atoms with E-state index >= 15 is 0 Å². The molecule has 0 bridgehead atoms. The van der Waals surface area contributed by atoms with Crippen LogP contribution in [0.5, 0.6) is 5.75 Å². The Morgan fingerprint density at radius 1 is 1.25 bits per heavy atom. The molecule has 0 atom stereocenters. The lowest BCUT2D eigenvalue weighted by Crippen LogP contribution is -2.25. The van der Waals surface area contributed by atoms with Gasteiger partial charge in [-0.2, -0.15) is 0 Å². The predicted molar refractivity (Wildman–Crippen MR) is 76.1 cm³/mol. The highest BCUT2D eigenvalue weighted by atomic mass is 16.7. The molecule has 0 spiro atoms. The summed E-state index contributed by atoms with van der Waals surface area (Å²) in [7, 11) is 0. The molecule has 1 saturated heterocycles. The molecule has 20 heavy (non-hydrogen) atoms. The van der Waals surface area contributed by atoms with E-state index in [1.165, 1.54) is 0 Å². The first-order valence-electron chi connectivity index (χ1n) is 7.18. The normalized spacial score (nSPS) is 16.4. The summed E-state index contributed by atoms with van der Waals surface area (Å²) in [4.78, 5) is 12.1. The highest BCUT2D eigenvalue weighted by Gasteiger charge is 2.16. The topological polar surface area (TPSA) is 44.8 Å². The Morgan fingerprint density at radius 3 is 2.50 bits per heavy atom. The Morgan fingerprint density at radius 2 is 1.90 bits per heavy atom. The third-order valence-corrected chi connectivity index (χ3v) is 3.05. The van der Waals surface area contributed by atoms with Gasteiger partial charge in [-0.05, 0) is 44.5 Å². The minimum absolute atomic E-state index is 0.110. The molecule has 1 aromatic carbocycles. The lowest BCUT2D eigenvalue weighted by molar-refractivity contribution is -0.180. The molecule has 1 aliphatic heterocycles. The highest BCUT2D eigenvalue weighted by Crippen LogP contribution is 2.17. The number of rotatable bonds is 6. The third kappa shape index (κ3) is 4.62. The quantitative estimate of drug-likeness (QED) is 0.750. The number of benzene rings is 1. The van der Waals surface area contributed by atoms with Crippen LogP contribution in [0.3, 0.4) is 0 Å². The van der Waals surface area contributed by atoms with Crippen molar-refractivity contribution in [3.8, 4) is 5.75 Å². The van der Waals surface area contributed by atoms with Crippen LogP contribution in [-0.4, -0.2) is 31.4 Å². The maximum atomic E-state index is 12.1. The van der Waals surface area contributed by atoms with E-state index in [1.807, 2.05) is 38.1 Å². The van der Waals surface area contributed by atoms with Gasteiger partial charge >= 0.3 is 0 Å². The molecule has 0 aliphatic carbocycles. The summed E-state index contributed by atoms with van der Waals surface area (Å²) in [6.45, 7) is 5.40. The van der Waals surface area contributed by atoms with Crippen LogP contribution in [0.2, 0.25) is 0 Å². The number of Topliss-reactive ketones (excluding diaryl/α,β-unsaturated/α-hetero) is 1. The van der Waals surface area contributed by atoms with E-state index in [0.717, 1.165) is 25.4 Å². The Bertz CT molecular complexity index is 419. The van der Waals surface area contributed by atoms with Gasteiger partial charge in [0.2, 0.25) is 0 Å². The minimum atomic E-state index is -0.226. The minimum Gasteiger partial charge on any atom is -0.491 e. The van der Waals surface area contributed by atoms with Gasteiger partial charge in [-0.3, -0.25) is 4.79 Å². The average molecular weight is 278 g/mol. The second kappa shape index (κ2) is 7.41. The SMILES string of the molecule is CC(C)Oc1ccc(C(=O)CCC2OCCCO2)cc1. The zero-order chi connectivity index (χ0) is 14.4. The maximum absolute atomic E-state index is 12.1. The lowest BCUT2D eigenvalue weighted by Gasteiger charge is -2.22. The summed E-state index contributed by atoms with van der Waals surface area (Å²) < 4.78 is 16.4. The summed E-state index contributed by atoms with van der Waals surface area (Å²) in [5.41, 5.74) is 0.705. The van der Waals surface area contributed by atoms with Gasteiger partial charge in [0, 0.05) is 18.4 Å². The lowest BCUT2D eigenvalue weighted by atomic mass is 10.1. The van der Waals surface area contributed by atoms with Crippen molar-refractivity contribution >= 4 is 5.78 Å². The summed E-state index contributed by atoms with van der Waals surface area (Å²) in [5, 5.41) is 0. The van der Waals surface area contributed by atoms with Gasteiger partial charge in [0.25, 0.3) is 0 Å². The van der Waals surface area contributed by atoms with Crippen LogP contribution in [0, 0.1) is 0 Å². The second-order valence-corrected chi connectivity index (χ2v) is 5.18. The van der Waals surface area contributed by atoms with E-state index in [2.05, 4.69) is 0 Å². The van der Waals surface area contributed by atoms with Crippen LogP contribution >= 0.6 is 0 Å². The summed E-state index contributed by atoms with van der Waals surface area (Å²) in [6.07, 6.45) is 1.90. The van der Waals surface area contributed by atoms with Crippen molar-refractivity contribution in [1.82, 2.24) is 0 Å². The molecule has 1 aromatic rings. The fraction of sp³-hybridized carbons (Fsp3) is 0.562. The predicted octanol–water partition coefficient (Wildman–Crippen LogP) is 3.20. The van der Waals surface area contributed by atoms with Gasteiger partial charge < -0.3 is 14.2 Å². The van der Waals surface area contributed by atoms with E-state index in [0.29, 0.717) is 18.4 Å². The molecule has 4 heteroatoms. The van der Waals surface area contributed by atoms with Crippen LogP contribution in [-0.2, 0) is 9.47 Å². The van der Waals surface area contributed by atoms with Crippen molar-refractivity contribution in [2.24, 2.45) is 0 Å². The molecule has 0 radical (unpaired) electrons. The van der Waals surface area contributed by atoms with Crippen molar-refractivity contribution in [3.05, 3.63) is 29.8 Å². The fourth-order valence-corrected chi connectivity index (χ4v) is 2.09. The monoisotopic (exact) mass is 278 g/mol. The van der Waals surface area contributed by atoms with Crippen LogP contribution in [0.1, 0.15) is 43.5 Å². The molecule has 4 nitrogen and oxygen atoms in total. The first-order chi connectivity index (χ1) is 9.65. The summed E-state index contributed by atoms with van der Waals surface area (Å²) in [6, 6.07) is 7.28. The van der Waals surface area contributed by atoms with Crippen LogP contribution < -0.4 is 4.74 Å².